The molecule has 1 aliphatic rings. The van der Waals surface area contributed by atoms with Crippen LogP contribution in [-0.4, -0.2) is 20.6 Å². The Bertz CT molecular complexity index is 638. The highest BCUT2D eigenvalue weighted by Gasteiger charge is 2.27. The number of hydrogen-bond donors (Lipinski definition) is 1. The van der Waals surface area contributed by atoms with Crippen LogP contribution < -0.4 is 0 Å². The molecule has 2 heterocycles. The molecule has 3 rings (SSSR count). The summed E-state index contributed by atoms with van der Waals surface area (Å²) in [6, 6.07) is 2.82. The lowest BCUT2D eigenvalue weighted by atomic mass is 10.2. The molecule has 1 saturated carbocycles. The number of carbonyl (C=O) groups is 1. The first kappa shape index (κ1) is 12.4. The highest BCUT2D eigenvalue weighted by Crippen LogP contribution is 2.40. The average molecular weight is 276 g/mol. The van der Waals surface area contributed by atoms with Crippen LogP contribution >= 0.6 is 11.3 Å². The van der Waals surface area contributed by atoms with Gasteiger partial charge in [-0.25, -0.2) is 4.98 Å². The Morgan fingerprint density at radius 1 is 1.53 bits per heavy atom. The summed E-state index contributed by atoms with van der Waals surface area (Å²) in [7, 11) is 0. The Hall–Kier alpha value is -1.62. The van der Waals surface area contributed by atoms with E-state index in [2.05, 4.69) is 29.5 Å². The maximum absolute atomic E-state index is 10.7. The Morgan fingerprint density at radius 3 is 2.89 bits per heavy atom. The van der Waals surface area contributed by atoms with Gasteiger partial charge < -0.3 is 9.67 Å². The highest BCUT2D eigenvalue weighted by molar-refractivity contribution is 7.13. The first-order valence-corrected chi connectivity index (χ1v) is 7.29. The summed E-state index contributed by atoms with van der Waals surface area (Å²) in [4.78, 5) is 15.1. The van der Waals surface area contributed by atoms with Gasteiger partial charge in [0.1, 0.15) is 5.01 Å². The molecule has 2 aromatic rings. The van der Waals surface area contributed by atoms with Gasteiger partial charge in [-0.3, -0.25) is 4.79 Å². The first-order chi connectivity index (χ1) is 9.06. The zero-order valence-electron chi connectivity index (χ0n) is 11.0. The van der Waals surface area contributed by atoms with Gasteiger partial charge in [0.15, 0.2) is 0 Å². The molecule has 1 aliphatic carbocycles. The van der Waals surface area contributed by atoms with E-state index >= 15 is 0 Å². The number of aryl methyl sites for hydroxylation is 1. The molecule has 1 fully saturated rings. The quantitative estimate of drug-likeness (QED) is 0.933. The largest absolute Gasteiger partial charge is 0.481 e. The smallest absolute Gasteiger partial charge is 0.309 e. The summed E-state index contributed by atoms with van der Waals surface area (Å²) in [5, 5.41) is 11.6. The van der Waals surface area contributed by atoms with Gasteiger partial charge in [0.25, 0.3) is 0 Å². The summed E-state index contributed by atoms with van der Waals surface area (Å²) in [5.41, 5.74) is 4.30. The normalized spacial score (nSPS) is 14.8. The molecule has 0 bridgehead atoms. The van der Waals surface area contributed by atoms with Crippen LogP contribution in [0.25, 0.3) is 10.6 Å². The van der Waals surface area contributed by atoms with E-state index < -0.39 is 5.97 Å². The van der Waals surface area contributed by atoms with Crippen LogP contribution in [0.3, 0.4) is 0 Å². The molecular formula is C14H16N2O2S. The Balaban J connectivity index is 1.95. The fraction of sp³-hybridized carbons (Fsp3) is 0.429. The van der Waals surface area contributed by atoms with Crippen molar-refractivity contribution in [2.75, 3.05) is 0 Å². The SMILES string of the molecule is Cc1cc(-c2nc(CC(=O)O)cs2)c(C)n1C1CC1. The van der Waals surface area contributed by atoms with Crippen molar-refractivity contribution in [2.45, 2.75) is 39.2 Å². The minimum Gasteiger partial charge on any atom is -0.481 e. The molecule has 0 aromatic carbocycles. The van der Waals surface area contributed by atoms with Crippen LogP contribution in [-0.2, 0) is 11.2 Å². The van der Waals surface area contributed by atoms with Gasteiger partial charge >= 0.3 is 5.97 Å². The second-order valence-electron chi connectivity index (χ2n) is 5.10. The standard InChI is InChI=1S/C14H16N2O2S/c1-8-5-12(9(2)16(8)11-3-4-11)14-15-10(7-19-14)6-13(17)18/h5,7,11H,3-4,6H2,1-2H3,(H,17,18). The van der Waals surface area contributed by atoms with Crippen molar-refractivity contribution in [3.8, 4) is 10.6 Å². The zero-order valence-corrected chi connectivity index (χ0v) is 11.8. The van der Waals surface area contributed by atoms with Crippen molar-refractivity contribution in [1.82, 2.24) is 9.55 Å². The summed E-state index contributed by atoms with van der Waals surface area (Å²) in [6.45, 7) is 4.25. The number of hydrogen-bond acceptors (Lipinski definition) is 3. The van der Waals surface area contributed by atoms with Gasteiger partial charge in [-0.15, -0.1) is 11.3 Å². The van der Waals surface area contributed by atoms with E-state index in [0.717, 1.165) is 10.6 Å². The van der Waals surface area contributed by atoms with Crippen molar-refractivity contribution in [1.29, 1.82) is 0 Å². The van der Waals surface area contributed by atoms with Crippen LogP contribution in [0.4, 0.5) is 0 Å². The topological polar surface area (TPSA) is 55.1 Å². The minimum atomic E-state index is -0.833. The van der Waals surface area contributed by atoms with E-state index in [4.69, 9.17) is 5.11 Å². The number of thiazole rings is 1. The Kier molecular flexibility index (Phi) is 2.93. The van der Waals surface area contributed by atoms with Crippen molar-refractivity contribution >= 4 is 17.3 Å². The van der Waals surface area contributed by atoms with Crippen LogP contribution in [0.15, 0.2) is 11.4 Å². The average Bonchev–Trinajstić information content (AvgIpc) is 2.98. The molecular weight excluding hydrogens is 260 g/mol. The van der Waals surface area contributed by atoms with Crippen LogP contribution in [0.2, 0.25) is 0 Å². The first-order valence-electron chi connectivity index (χ1n) is 6.41. The molecule has 0 radical (unpaired) electrons. The van der Waals surface area contributed by atoms with Gasteiger partial charge in [-0.2, -0.15) is 0 Å². The van der Waals surface area contributed by atoms with Crippen molar-refractivity contribution in [2.24, 2.45) is 0 Å². The Labute approximate surface area is 115 Å². The Morgan fingerprint density at radius 2 is 2.26 bits per heavy atom. The number of carboxylic acid groups (broad SMARTS) is 1. The predicted octanol–water partition coefficient (Wildman–Crippen LogP) is 3.19. The molecule has 0 saturated heterocycles. The highest BCUT2D eigenvalue weighted by atomic mass is 32.1. The molecule has 0 unspecified atom stereocenters. The number of aliphatic carboxylic acids is 1. The molecule has 0 spiro atoms. The second-order valence-corrected chi connectivity index (χ2v) is 5.96. The van der Waals surface area contributed by atoms with Gasteiger partial charge in [0.05, 0.1) is 12.1 Å². The molecule has 2 aromatic heterocycles. The predicted molar refractivity (Wildman–Crippen MR) is 74.6 cm³/mol. The van der Waals surface area contributed by atoms with Crippen LogP contribution in [0, 0.1) is 13.8 Å². The number of rotatable bonds is 4. The lowest BCUT2D eigenvalue weighted by Crippen LogP contribution is -2.00. The number of carboxylic acids is 1. The summed E-state index contributed by atoms with van der Waals surface area (Å²) < 4.78 is 2.38. The molecule has 19 heavy (non-hydrogen) atoms. The molecule has 0 amide bonds. The zero-order chi connectivity index (χ0) is 13.6. The minimum absolute atomic E-state index is 0.00212. The third-order valence-electron chi connectivity index (χ3n) is 3.51. The van der Waals surface area contributed by atoms with E-state index in [0.29, 0.717) is 11.7 Å². The van der Waals surface area contributed by atoms with Crippen LogP contribution in [0.1, 0.15) is 36.0 Å². The van der Waals surface area contributed by atoms with Crippen molar-refractivity contribution < 1.29 is 9.90 Å². The lowest BCUT2D eigenvalue weighted by Gasteiger charge is -2.06. The van der Waals surface area contributed by atoms with E-state index in [1.165, 1.54) is 35.6 Å². The molecule has 5 heteroatoms. The molecule has 4 nitrogen and oxygen atoms in total. The van der Waals surface area contributed by atoms with E-state index in [9.17, 15) is 4.79 Å². The third kappa shape index (κ3) is 2.30. The summed E-state index contributed by atoms with van der Waals surface area (Å²) in [6.07, 6.45) is 2.52. The van der Waals surface area contributed by atoms with Gasteiger partial charge in [-0.1, -0.05) is 0 Å². The monoisotopic (exact) mass is 276 g/mol. The molecule has 0 atom stereocenters. The van der Waals surface area contributed by atoms with Gasteiger partial charge in [-0.05, 0) is 32.8 Å². The summed E-state index contributed by atoms with van der Waals surface area (Å²) in [5.74, 6) is -0.833. The second kappa shape index (κ2) is 4.49. The van der Waals surface area contributed by atoms with Crippen LogP contribution in [0.5, 0.6) is 0 Å². The molecule has 100 valence electrons. The van der Waals surface area contributed by atoms with Gasteiger partial charge in [0, 0.05) is 28.4 Å². The molecule has 0 aliphatic heterocycles. The maximum Gasteiger partial charge on any atom is 0.309 e. The lowest BCUT2D eigenvalue weighted by molar-refractivity contribution is -0.136. The fourth-order valence-electron chi connectivity index (χ4n) is 2.56. The van der Waals surface area contributed by atoms with E-state index in [1.807, 2.05) is 5.38 Å². The van der Waals surface area contributed by atoms with E-state index in [1.54, 1.807) is 0 Å². The number of nitrogens with zero attached hydrogens (tertiary/aromatic N) is 2. The number of aromatic nitrogens is 2. The summed E-state index contributed by atoms with van der Waals surface area (Å²) >= 11 is 1.53. The maximum atomic E-state index is 10.7. The third-order valence-corrected chi connectivity index (χ3v) is 4.44. The molecule has 1 N–H and O–H groups in total. The van der Waals surface area contributed by atoms with Crippen molar-refractivity contribution in [3.05, 3.63) is 28.5 Å². The fourth-order valence-corrected chi connectivity index (χ4v) is 3.44. The van der Waals surface area contributed by atoms with E-state index in [-0.39, 0.29) is 6.42 Å². The van der Waals surface area contributed by atoms with Gasteiger partial charge in [0.2, 0.25) is 0 Å². The van der Waals surface area contributed by atoms with Crippen molar-refractivity contribution in [3.63, 3.8) is 0 Å².